The number of carboxylic acids is 1. The normalized spacial score (nSPS) is 11.5. The van der Waals surface area contributed by atoms with Crippen LogP contribution in [0.4, 0.5) is 8.78 Å². The highest BCUT2D eigenvalue weighted by atomic mass is 32.2. The number of halogens is 2. The Kier molecular flexibility index (Phi) is 4.28. The molecular formula is C11H10F2N4O2S. The van der Waals surface area contributed by atoms with E-state index in [9.17, 15) is 13.6 Å². The van der Waals surface area contributed by atoms with Crippen LogP contribution in [0.15, 0.2) is 35.5 Å². The lowest BCUT2D eigenvalue weighted by atomic mass is 10.1. The van der Waals surface area contributed by atoms with E-state index in [4.69, 9.17) is 5.11 Å². The SMILES string of the molecule is O=C(O)Cn1nnnc1SCC(F)(F)c1ccccc1. The van der Waals surface area contributed by atoms with Gasteiger partial charge in [-0.3, -0.25) is 4.79 Å². The number of carboxylic acid groups (broad SMARTS) is 1. The summed E-state index contributed by atoms with van der Waals surface area (Å²) >= 11 is 0.711. The Morgan fingerprint density at radius 3 is 2.70 bits per heavy atom. The molecule has 1 aromatic heterocycles. The van der Waals surface area contributed by atoms with Gasteiger partial charge in [0.1, 0.15) is 6.54 Å². The number of aromatic nitrogens is 4. The fourth-order valence-electron chi connectivity index (χ4n) is 1.45. The van der Waals surface area contributed by atoms with E-state index >= 15 is 0 Å². The van der Waals surface area contributed by atoms with Crippen molar-refractivity contribution in [3.63, 3.8) is 0 Å². The minimum Gasteiger partial charge on any atom is -0.480 e. The van der Waals surface area contributed by atoms with Crippen molar-refractivity contribution in [1.29, 1.82) is 0 Å². The highest BCUT2D eigenvalue weighted by molar-refractivity contribution is 7.99. The molecule has 1 aromatic carbocycles. The third-order valence-corrected chi connectivity index (χ3v) is 3.42. The summed E-state index contributed by atoms with van der Waals surface area (Å²) in [4.78, 5) is 10.6. The van der Waals surface area contributed by atoms with E-state index < -0.39 is 24.2 Å². The molecule has 0 spiro atoms. The van der Waals surface area contributed by atoms with E-state index in [-0.39, 0.29) is 10.7 Å². The second kappa shape index (κ2) is 5.95. The zero-order valence-electron chi connectivity index (χ0n) is 10.1. The van der Waals surface area contributed by atoms with Crippen LogP contribution in [0.5, 0.6) is 0 Å². The highest BCUT2D eigenvalue weighted by Crippen LogP contribution is 2.33. The molecule has 0 aliphatic carbocycles. The Hall–Kier alpha value is -2.03. The third-order valence-electron chi connectivity index (χ3n) is 2.36. The van der Waals surface area contributed by atoms with E-state index in [1.165, 1.54) is 24.3 Å². The van der Waals surface area contributed by atoms with Crippen molar-refractivity contribution in [1.82, 2.24) is 20.2 Å². The van der Waals surface area contributed by atoms with Crippen molar-refractivity contribution >= 4 is 17.7 Å². The zero-order chi connectivity index (χ0) is 14.6. The molecule has 0 saturated heterocycles. The van der Waals surface area contributed by atoms with Crippen molar-refractivity contribution in [3.8, 4) is 0 Å². The molecule has 0 saturated carbocycles. The number of nitrogens with zero attached hydrogens (tertiary/aromatic N) is 4. The number of aliphatic carboxylic acids is 1. The summed E-state index contributed by atoms with van der Waals surface area (Å²) < 4.78 is 28.8. The van der Waals surface area contributed by atoms with E-state index in [2.05, 4.69) is 15.5 Å². The first-order chi connectivity index (χ1) is 9.49. The van der Waals surface area contributed by atoms with Crippen LogP contribution >= 0.6 is 11.8 Å². The van der Waals surface area contributed by atoms with Crippen LogP contribution in [0.1, 0.15) is 5.56 Å². The summed E-state index contributed by atoms with van der Waals surface area (Å²) in [7, 11) is 0. The molecular weight excluding hydrogens is 290 g/mol. The van der Waals surface area contributed by atoms with Crippen molar-refractivity contribution in [2.75, 3.05) is 5.75 Å². The number of alkyl halides is 2. The molecule has 6 nitrogen and oxygen atoms in total. The number of benzene rings is 1. The number of rotatable bonds is 6. The molecule has 9 heteroatoms. The van der Waals surface area contributed by atoms with Crippen molar-refractivity contribution in [2.45, 2.75) is 17.6 Å². The first-order valence-corrected chi connectivity index (χ1v) is 6.52. The van der Waals surface area contributed by atoms with E-state index in [1.54, 1.807) is 6.07 Å². The standard InChI is InChI=1S/C11H10F2N4O2S/c12-11(13,8-4-2-1-3-5-8)7-20-10-14-15-16-17(10)6-9(18)19/h1-5H,6-7H2,(H,18,19). The lowest BCUT2D eigenvalue weighted by Gasteiger charge is -2.15. The molecule has 0 aliphatic heterocycles. The molecule has 1 heterocycles. The fraction of sp³-hybridized carbons (Fsp3) is 0.273. The topological polar surface area (TPSA) is 80.9 Å². The largest absolute Gasteiger partial charge is 0.480 e. The molecule has 0 bridgehead atoms. The minimum atomic E-state index is -3.05. The van der Waals surface area contributed by atoms with Gasteiger partial charge in [0.2, 0.25) is 5.16 Å². The first kappa shape index (κ1) is 14.4. The molecule has 0 radical (unpaired) electrons. The summed E-state index contributed by atoms with van der Waals surface area (Å²) in [6.07, 6.45) is 0. The van der Waals surface area contributed by atoms with Crippen LogP contribution in [-0.2, 0) is 17.3 Å². The number of thioether (sulfide) groups is 1. The van der Waals surface area contributed by atoms with Gasteiger partial charge >= 0.3 is 5.97 Å². The predicted molar refractivity (Wildman–Crippen MR) is 66.5 cm³/mol. The maximum absolute atomic E-state index is 13.9. The Morgan fingerprint density at radius 1 is 1.35 bits per heavy atom. The molecule has 0 amide bonds. The molecule has 0 fully saturated rings. The van der Waals surface area contributed by atoms with Crippen molar-refractivity contribution in [3.05, 3.63) is 35.9 Å². The minimum absolute atomic E-state index is 0.0445. The van der Waals surface area contributed by atoms with Crippen LogP contribution in [-0.4, -0.2) is 37.0 Å². The van der Waals surface area contributed by atoms with Crippen LogP contribution in [0, 0.1) is 0 Å². The number of hydrogen-bond acceptors (Lipinski definition) is 5. The molecule has 20 heavy (non-hydrogen) atoms. The van der Waals surface area contributed by atoms with Crippen molar-refractivity contribution in [2.24, 2.45) is 0 Å². The Morgan fingerprint density at radius 2 is 2.05 bits per heavy atom. The van der Waals surface area contributed by atoms with Gasteiger partial charge in [0.25, 0.3) is 5.92 Å². The van der Waals surface area contributed by atoms with Gasteiger partial charge in [-0.1, -0.05) is 42.1 Å². The Balaban J connectivity index is 2.05. The van der Waals surface area contributed by atoms with Gasteiger partial charge in [-0.25, -0.2) is 13.5 Å². The zero-order valence-corrected chi connectivity index (χ0v) is 10.9. The summed E-state index contributed by atoms with van der Waals surface area (Å²) in [5, 5.41) is 18.9. The van der Waals surface area contributed by atoms with Gasteiger partial charge in [0.15, 0.2) is 0 Å². The van der Waals surface area contributed by atoms with Crippen LogP contribution in [0.2, 0.25) is 0 Å². The molecule has 106 valence electrons. The molecule has 2 rings (SSSR count). The second-order valence-electron chi connectivity index (χ2n) is 3.87. The summed E-state index contributed by atoms with van der Waals surface area (Å²) in [5.74, 6) is -4.77. The molecule has 1 N–H and O–H groups in total. The van der Waals surface area contributed by atoms with Crippen LogP contribution < -0.4 is 0 Å². The first-order valence-electron chi connectivity index (χ1n) is 5.53. The summed E-state index contributed by atoms with van der Waals surface area (Å²) in [6.45, 7) is -0.466. The van der Waals surface area contributed by atoms with Gasteiger partial charge in [-0.2, -0.15) is 0 Å². The Labute approximate surface area is 116 Å². The number of carbonyl (C=O) groups is 1. The van der Waals surface area contributed by atoms with E-state index in [0.717, 1.165) is 4.68 Å². The average Bonchev–Trinajstić information content (AvgIpc) is 2.84. The fourth-order valence-corrected chi connectivity index (χ4v) is 2.27. The monoisotopic (exact) mass is 300 g/mol. The smallest absolute Gasteiger partial charge is 0.325 e. The second-order valence-corrected chi connectivity index (χ2v) is 4.81. The molecule has 0 unspecified atom stereocenters. The highest BCUT2D eigenvalue weighted by Gasteiger charge is 2.32. The lowest BCUT2D eigenvalue weighted by molar-refractivity contribution is -0.138. The molecule has 0 atom stereocenters. The summed E-state index contributed by atoms with van der Waals surface area (Å²) in [6, 6.07) is 7.38. The van der Waals surface area contributed by atoms with E-state index in [0.29, 0.717) is 11.8 Å². The van der Waals surface area contributed by atoms with Gasteiger partial charge < -0.3 is 5.11 Å². The van der Waals surface area contributed by atoms with Gasteiger partial charge in [0.05, 0.1) is 5.75 Å². The number of hydrogen-bond donors (Lipinski definition) is 1. The Bertz CT molecular complexity index is 591. The average molecular weight is 300 g/mol. The van der Waals surface area contributed by atoms with E-state index in [1.807, 2.05) is 0 Å². The van der Waals surface area contributed by atoms with Crippen LogP contribution in [0.25, 0.3) is 0 Å². The maximum Gasteiger partial charge on any atom is 0.325 e. The summed E-state index contributed by atoms with van der Waals surface area (Å²) in [5.41, 5.74) is -0.107. The third kappa shape index (κ3) is 3.50. The quantitative estimate of drug-likeness (QED) is 0.817. The van der Waals surface area contributed by atoms with Gasteiger partial charge in [-0.05, 0) is 10.4 Å². The van der Waals surface area contributed by atoms with Crippen LogP contribution in [0.3, 0.4) is 0 Å². The van der Waals surface area contributed by atoms with Crippen molar-refractivity contribution < 1.29 is 18.7 Å². The number of tetrazole rings is 1. The maximum atomic E-state index is 13.9. The lowest BCUT2D eigenvalue weighted by Crippen LogP contribution is -2.18. The molecule has 2 aromatic rings. The molecule has 0 aliphatic rings. The van der Waals surface area contributed by atoms with Gasteiger partial charge in [0, 0.05) is 5.56 Å². The van der Waals surface area contributed by atoms with Gasteiger partial charge in [-0.15, -0.1) is 5.10 Å². The predicted octanol–water partition coefficient (Wildman–Crippen LogP) is 1.64.